The molecular formula is C29H26N6O. The molecule has 0 saturated heterocycles. The van der Waals surface area contributed by atoms with E-state index in [1.54, 1.807) is 36.7 Å². The van der Waals surface area contributed by atoms with Gasteiger partial charge in [-0.3, -0.25) is 9.78 Å². The highest BCUT2D eigenvalue weighted by atomic mass is 16.1. The molecule has 0 bridgehead atoms. The van der Waals surface area contributed by atoms with Crippen molar-refractivity contribution in [2.45, 2.75) is 20.8 Å². The molecule has 0 saturated carbocycles. The van der Waals surface area contributed by atoms with E-state index in [1.165, 1.54) is 0 Å². The summed E-state index contributed by atoms with van der Waals surface area (Å²) >= 11 is 0. The summed E-state index contributed by atoms with van der Waals surface area (Å²) in [6, 6.07) is 16.7. The van der Waals surface area contributed by atoms with Gasteiger partial charge in [0, 0.05) is 59.1 Å². The van der Waals surface area contributed by atoms with Crippen molar-refractivity contribution in [1.82, 2.24) is 19.5 Å². The van der Waals surface area contributed by atoms with E-state index in [4.69, 9.17) is 2.74 Å². The Labute approximate surface area is 212 Å². The Morgan fingerprint density at radius 2 is 1.92 bits per heavy atom. The molecule has 7 heteroatoms. The molecule has 0 aliphatic heterocycles. The first-order valence-electron chi connectivity index (χ1n) is 12.5. The van der Waals surface area contributed by atoms with Crippen LogP contribution in [0.4, 0.5) is 17.3 Å². The van der Waals surface area contributed by atoms with Crippen molar-refractivity contribution in [2.75, 3.05) is 10.6 Å². The van der Waals surface area contributed by atoms with Crippen LogP contribution in [0.1, 0.15) is 29.8 Å². The lowest BCUT2D eigenvalue weighted by molar-refractivity contribution is 0.102. The highest BCUT2D eigenvalue weighted by Crippen LogP contribution is 2.24. The van der Waals surface area contributed by atoms with Crippen LogP contribution in [0.15, 0.2) is 91.6 Å². The van der Waals surface area contributed by atoms with Gasteiger partial charge in [-0.2, -0.15) is 0 Å². The Bertz CT molecular complexity index is 1650. The van der Waals surface area contributed by atoms with Gasteiger partial charge < -0.3 is 15.2 Å². The van der Waals surface area contributed by atoms with Crippen LogP contribution < -0.4 is 10.6 Å². The van der Waals surface area contributed by atoms with Gasteiger partial charge in [-0.05, 0) is 92.0 Å². The normalized spacial score (nSPS) is 11.5. The molecule has 178 valence electrons. The van der Waals surface area contributed by atoms with Gasteiger partial charge in [0.1, 0.15) is 0 Å². The lowest BCUT2D eigenvalue weighted by Gasteiger charge is -2.13. The minimum Gasteiger partial charge on any atom is -0.324 e. The van der Waals surface area contributed by atoms with Crippen LogP contribution in [0, 0.1) is 20.8 Å². The Hall–Kier alpha value is -4.78. The number of hydrogen-bond donors (Lipinski definition) is 2. The van der Waals surface area contributed by atoms with E-state index in [9.17, 15) is 4.79 Å². The average molecular weight is 477 g/mol. The summed E-state index contributed by atoms with van der Waals surface area (Å²) in [6.07, 6.45) is 7.05. The van der Waals surface area contributed by atoms with Gasteiger partial charge in [0.05, 0.1) is 8.44 Å². The van der Waals surface area contributed by atoms with Crippen molar-refractivity contribution < 1.29 is 7.54 Å². The first-order valence-corrected chi connectivity index (χ1v) is 11.5. The quantitative estimate of drug-likeness (QED) is 0.303. The molecule has 5 rings (SSSR count). The van der Waals surface area contributed by atoms with Crippen LogP contribution in [-0.2, 0) is 0 Å². The number of carbonyl (C=O) groups excluding carboxylic acids is 1. The predicted octanol–water partition coefficient (Wildman–Crippen LogP) is 6.25. The lowest BCUT2D eigenvalue weighted by atomic mass is 10.1. The van der Waals surface area contributed by atoms with Gasteiger partial charge in [0.2, 0.25) is 5.95 Å². The van der Waals surface area contributed by atoms with Crippen molar-refractivity contribution in [2.24, 2.45) is 0 Å². The van der Waals surface area contributed by atoms with Gasteiger partial charge in [0.15, 0.2) is 0 Å². The molecule has 1 amide bonds. The van der Waals surface area contributed by atoms with E-state index in [2.05, 4.69) is 31.7 Å². The number of pyridine rings is 1. The van der Waals surface area contributed by atoms with Crippen molar-refractivity contribution in [3.63, 3.8) is 0 Å². The van der Waals surface area contributed by atoms with Crippen molar-refractivity contribution in [3.8, 4) is 16.9 Å². The Morgan fingerprint density at radius 3 is 2.69 bits per heavy atom. The summed E-state index contributed by atoms with van der Waals surface area (Å²) in [5.41, 5.74) is 6.72. The third-order valence-corrected chi connectivity index (χ3v) is 5.69. The number of nitrogens with zero attached hydrogens (tertiary/aromatic N) is 4. The van der Waals surface area contributed by atoms with E-state index in [1.807, 2.05) is 62.0 Å². The number of benzene rings is 2. The fourth-order valence-electron chi connectivity index (χ4n) is 3.86. The predicted molar refractivity (Wildman–Crippen MR) is 143 cm³/mol. The second-order valence-corrected chi connectivity index (χ2v) is 8.64. The molecule has 5 aromatic rings. The third-order valence-electron chi connectivity index (χ3n) is 5.69. The maximum absolute atomic E-state index is 13.2. The average Bonchev–Trinajstić information content (AvgIpc) is 3.34. The largest absolute Gasteiger partial charge is 0.324 e. The summed E-state index contributed by atoms with van der Waals surface area (Å²) in [7, 11) is 0. The molecule has 2 N–H and O–H groups in total. The van der Waals surface area contributed by atoms with E-state index in [0.29, 0.717) is 28.2 Å². The number of carbonyl (C=O) groups is 1. The number of amides is 1. The smallest absolute Gasteiger partial charge is 0.255 e. The van der Waals surface area contributed by atoms with Crippen molar-refractivity contribution in [1.29, 1.82) is 0 Å². The Morgan fingerprint density at radius 1 is 1.03 bits per heavy atom. The highest BCUT2D eigenvalue weighted by molar-refractivity contribution is 6.05. The Balaban J connectivity index is 1.40. The third kappa shape index (κ3) is 5.15. The van der Waals surface area contributed by atoms with Crippen molar-refractivity contribution >= 4 is 23.2 Å². The Kier molecular flexibility index (Phi) is 5.62. The zero-order chi connectivity index (χ0) is 26.8. The van der Waals surface area contributed by atoms with Gasteiger partial charge in [-0.1, -0.05) is 6.07 Å². The molecule has 7 nitrogen and oxygen atoms in total. The minimum absolute atomic E-state index is 0.0824. The fourth-order valence-corrected chi connectivity index (χ4v) is 3.86. The van der Waals surface area contributed by atoms with Crippen LogP contribution in [0.25, 0.3) is 16.9 Å². The van der Waals surface area contributed by atoms with Crippen LogP contribution in [0.2, 0.25) is 0 Å². The number of aryl methyl sites for hydroxylation is 3. The highest BCUT2D eigenvalue weighted by Gasteiger charge is 2.12. The molecule has 0 atom stereocenters. The number of rotatable bonds is 6. The second-order valence-electron chi connectivity index (χ2n) is 8.64. The van der Waals surface area contributed by atoms with E-state index in [-0.39, 0.29) is 24.1 Å². The number of anilines is 3. The SMILES string of the molecule is [2H]c1nc(Nc2cc(C(=O)Nc3cc(C)cc(-n4ccc(C)c4)c3)ccc2C)nc(-c2cccnc2)c1[2H]. The van der Waals surface area contributed by atoms with Gasteiger partial charge >= 0.3 is 0 Å². The molecule has 0 fully saturated rings. The van der Waals surface area contributed by atoms with Crippen LogP contribution in [0.3, 0.4) is 0 Å². The molecular weight excluding hydrogens is 448 g/mol. The molecule has 3 aromatic heterocycles. The van der Waals surface area contributed by atoms with Crippen molar-refractivity contribution in [3.05, 3.63) is 114 Å². The molecule has 0 aliphatic carbocycles. The maximum atomic E-state index is 13.2. The molecule has 36 heavy (non-hydrogen) atoms. The molecule has 2 aromatic carbocycles. The molecule has 0 spiro atoms. The first-order chi connectivity index (χ1) is 18.3. The summed E-state index contributed by atoms with van der Waals surface area (Å²) in [5, 5.41) is 6.12. The molecule has 3 heterocycles. The lowest BCUT2D eigenvalue weighted by Crippen LogP contribution is -2.13. The zero-order valence-corrected chi connectivity index (χ0v) is 20.2. The standard InChI is InChI=1S/C29H26N6O/c1-19-9-12-35(18-19)25-14-20(2)13-24(16-25)32-28(36)22-7-6-21(3)27(15-22)34-29-31-11-8-26(33-29)23-5-4-10-30-17-23/h4-18H,1-3H3,(H,32,36)(H,31,33,34)/i8D,11D. The topological polar surface area (TPSA) is 84.7 Å². The molecule has 0 unspecified atom stereocenters. The van der Waals surface area contributed by atoms with Crippen LogP contribution in [-0.4, -0.2) is 25.4 Å². The minimum atomic E-state index is -0.257. The van der Waals surface area contributed by atoms with Gasteiger partial charge in [-0.25, -0.2) is 9.97 Å². The fraction of sp³-hybridized carbons (Fsp3) is 0.103. The molecule has 0 aliphatic rings. The first kappa shape index (κ1) is 20.6. The summed E-state index contributed by atoms with van der Waals surface area (Å²) < 4.78 is 18.4. The number of hydrogen-bond acceptors (Lipinski definition) is 5. The summed E-state index contributed by atoms with van der Waals surface area (Å²) in [6.45, 7) is 5.93. The second kappa shape index (κ2) is 9.84. The monoisotopic (exact) mass is 476 g/mol. The van der Waals surface area contributed by atoms with Gasteiger partial charge in [0.25, 0.3) is 5.91 Å². The van der Waals surface area contributed by atoms with E-state index < -0.39 is 0 Å². The van der Waals surface area contributed by atoms with Crippen LogP contribution in [0.5, 0.6) is 0 Å². The summed E-state index contributed by atoms with van der Waals surface area (Å²) in [5.74, 6) is -0.0937. The maximum Gasteiger partial charge on any atom is 0.255 e. The van der Waals surface area contributed by atoms with E-state index >= 15 is 0 Å². The number of nitrogens with one attached hydrogen (secondary N) is 2. The van der Waals surface area contributed by atoms with Crippen LogP contribution >= 0.6 is 0 Å². The van der Waals surface area contributed by atoms with Gasteiger partial charge in [-0.15, -0.1) is 0 Å². The molecule has 0 radical (unpaired) electrons. The number of aromatic nitrogens is 4. The zero-order valence-electron chi connectivity index (χ0n) is 22.2. The van der Waals surface area contributed by atoms with E-state index in [0.717, 1.165) is 22.4 Å². The summed E-state index contributed by atoms with van der Waals surface area (Å²) in [4.78, 5) is 25.9.